The first kappa shape index (κ1) is 15.1. The summed E-state index contributed by atoms with van der Waals surface area (Å²) >= 11 is 4.33. The van der Waals surface area contributed by atoms with E-state index in [1.54, 1.807) is 12.1 Å². The molecule has 0 unspecified atom stereocenters. The van der Waals surface area contributed by atoms with Gasteiger partial charge in [-0.15, -0.1) is 0 Å². The lowest BCUT2D eigenvalue weighted by atomic mass is 10.1. The number of nitrogens with one attached hydrogen (secondary N) is 1. The molecule has 7 heteroatoms. The minimum absolute atomic E-state index is 0.192. The Morgan fingerprint density at radius 2 is 2.15 bits per heavy atom. The molecule has 1 aromatic rings. The van der Waals surface area contributed by atoms with Gasteiger partial charge in [-0.1, -0.05) is 27.7 Å². The summed E-state index contributed by atoms with van der Waals surface area (Å²) < 4.78 is 0.837. The fourth-order valence-corrected chi connectivity index (χ4v) is 3.21. The van der Waals surface area contributed by atoms with Gasteiger partial charge in [0.15, 0.2) is 0 Å². The standard InChI is InChI=1S/C13H13BrN2O3S/c1-8-4-9(6-10(14)5-8)12(18)15-2-3-16-11(17)7-20-13(16)19/h4-6H,2-3,7H2,1H3,(H,15,18). The van der Waals surface area contributed by atoms with Crippen molar-refractivity contribution in [2.24, 2.45) is 0 Å². The van der Waals surface area contributed by atoms with E-state index in [-0.39, 0.29) is 35.9 Å². The summed E-state index contributed by atoms with van der Waals surface area (Å²) in [7, 11) is 0. The highest BCUT2D eigenvalue weighted by atomic mass is 79.9. The molecular weight excluding hydrogens is 344 g/mol. The summed E-state index contributed by atoms with van der Waals surface area (Å²) in [6.07, 6.45) is 0. The predicted octanol–water partition coefficient (Wildman–Crippen LogP) is 2.18. The molecule has 1 heterocycles. The van der Waals surface area contributed by atoms with Crippen LogP contribution in [0.1, 0.15) is 15.9 Å². The molecule has 0 radical (unpaired) electrons. The van der Waals surface area contributed by atoms with E-state index < -0.39 is 0 Å². The fraction of sp³-hybridized carbons (Fsp3) is 0.308. The number of benzene rings is 1. The third-order valence-electron chi connectivity index (χ3n) is 2.77. The molecule has 1 aliphatic heterocycles. The molecule has 1 aromatic carbocycles. The number of halogens is 1. The molecule has 1 aliphatic rings. The molecule has 0 aliphatic carbocycles. The van der Waals surface area contributed by atoms with E-state index in [0.717, 1.165) is 26.7 Å². The maximum absolute atomic E-state index is 12.0. The van der Waals surface area contributed by atoms with E-state index in [2.05, 4.69) is 21.2 Å². The zero-order valence-electron chi connectivity index (χ0n) is 10.8. The first-order valence-corrected chi connectivity index (χ1v) is 7.78. The number of imide groups is 1. The SMILES string of the molecule is Cc1cc(Br)cc(C(=O)NCCN2C(=O)CSC2=O)c1. The second-order valence-corrected chi connectivity index (χ2v) is 6.22. The second-order valence-electron chi connectivity index (χ2n) is 4.37. The largest absolute Gasteiger partial charge is 0.350 e. The van der Waals surface area contributed by atoms with Crippen LogP contribution in [0.2, 0.25) is 0 Å². The fourth-order valence-electron chi connectivity index (χ4n) is 1.85. The van der Waals surface area contributed by atoms with Crippen molar-refractivity contribution in [3.05, 3.63) is 33.8 Å². The first-order valence-electron chi connectivity index (χ1n) is 6.00. The number of carbonyl (C=O) groups excluding carboxylic acids is 3. The Morgan fingerprint density at radius 3 is 2.75 bits per heavy atom. The maximum Gasteiger partial charge on any atom is 0.288 e. The van der Waals surface area contributed by atoms with Gasteiger partial charge in [-0.2, -0.15) is 0 Å². The lowest BCUT2D eigenvalue weighted by Crippen LogP contribution is -2.37. The molecule has 0 saturated carbocycles. The van der Waals surface area contributed by atoms with Crippen molar-refractivity contribution in [2.75, 3.05) is 18.8 Å². The van der Waals surface area contributed by atoms with E-state index in [4.69, 9.17) is 0 Å². The minimum atomic E-state index is -0.248. The van der Waals surface area contributed by atoms with Crippen LogP contribution in [0.25, 0.3) is 0 Å². The molecule has 0 bridgehead atoms. The number of rotatable bonds is 4. The Hall–Kier alpha value is -1.34. The van der Waals surface area contributed by atoms with Gasteiger partial charge in [0.05, 0.1) is 5.75 Å². The zero-order chi connectivity index (χ0) is 14.7. The molecule has 1 fully saturated rings. The zero-order valence-corrected chi connectivity index (χ0v) is 13.2. The van der Waals surface area contributed by atoms with Crippen LogP contribution in [0.4, 0.5) is 4.79 Å². The van der Waals surface area contributed by atoms with Gasteiger partial charge >= 0.3 is 0 Å². The summed E-state index contributed by atoms with van der Waals surface area (Å²) in [6.45, 7) is 2.37. The van der Waals surface area contributed by atoms with Crippen molar-refractivity contribution in [3.63, 3.8) is 0 Å². The van der Waals surface area contributed by atoms with E-state index in [9.17, 15) is 14.4 Å². The number of carbonyl (C=O) groups is 3. The number of hydrogen-bond donors (Lipinski definition) is 1. The van der Waals surface area contributed by atoms with Crippen LogP contribution >= 0.6 is 27.7 Å². The Kier molecular flexibility index (Phi) is 4.82. The van der Waals surface area contributed by atoms with Crippen LogP contribution in [0.15, 0.2) is 22.7 Å². The van der Waals surface area contributed by atoms with Gasteiger partial charge in [-0.3, -0.25) is 19.3 Å². The highest BCUT2D eigenvalue weighted by Gasteiger charge is 2.29. The van der Waals surface area contributed by atoms with Crippen LogP contribution in [-0.4, -0.2) is 40.8 Å². The number of aryl methyl sites for hydroxylation is 1. The first-order chi connectivity index (χ1) is 9.47. The average Bonchev–Trinajstić information content (AvgIpc) is 2.69. The smallest absolute Gasteiger partial charge is 0.288 e. The van der Waals surface area contributed by atoms with Crippen molar-refractivity contribution in [3.8, 4) is 0 Å². The Labute approximate surface area is 129 Å². The number of amides is 3. The van der Waals surface area contributed by atoms with Crippen molar-refractivity contribution in [2.45, 2.75) is 6.92 Å². The molecule has 5 nitrogen and oxygen atoms in total. The molecule has 0 atom stereocenters. The van der Waals surface area contributed by atoms with Crippen molar-refractivity contribution < 1.29 is 14.4 Å². The number of nitrogens with zero attached hydrogens (tertiary/aromatic N) is 1. The van der Waals surface area contributed by atoms with Crippen LogP contribution in [-0.2, 0) is 4.79 Å². The summed E-state index contributed by atoms with van der Waals surface area (Å²) in [6, 6.07) is 5.42. The summed E-state index contributed by atoms with van der Waals surface area (Å²) in [4.78, 5) is 35.9. The Bertz CT molecular complexity index is 540. The summed E-state index contributed by atoms with van der Waals surface area (Å²) in [5, 5.41) is 2.46. The normalized spacial score (nSPS) is 14.8. The molecule has 1 N–H and O–H groups in total. The lowest BCUT2D eigenvalue weighted by Gasteiger charge is -2.13. The minimum Gasteiger partial charge on any atom is -0.350 e. The maximum atomic E-state index is 12.0. The van der Waals surface area contributed by atoms with Gasteiger partial charge in [0.1, 0.15) is 0 Å². The van der Waals surface area contributed by atoms with Crippen molar-refractivity contribution in [1.29, 1.82) is 0 Å². The van der Waals surface area contributed by atoms with Crippen LogP contribution < -0.4 is 5.32 Å². The Morgan fingerprint density at radius 1 is 1.40 bits per heavy atom. The van der Waals surface area contributed by atoms with E-state index >= 15 is 0 Å². The summed E-state index contributed by atoms with van der Waals surface area (Å²) in [5.41, 5.74) is 1.52. The second kappa shape index (κ2) is 6.41. The van der Waals surface area contributed by atoms with Crippen LogP contribution in [0, 0.1) is 6.92 Å². The third-order valence-corrected chi connectivity index (χ3v) is 4.08. The molecule has 0 spiro atoms. The quantitative estimate of drug-likeness (QED) is 0.897. The van der Waals surface area contributed by atoms with Gasteiger partial charge in [0.25, 0.3) is 11.1 Å². The third kappa shape index (κ3) is 3.61. The van der Waals surface area contributed by atoms with E-state index in [1.807, 2.05) is 13.0 Å². The topological polar surface area (TPSA) is 66.5 Å². The van der Waals surface area contributed by atoms with Gasteiger partial charge in [-0.25, -0.2) is 0 Å². The molecule has 2 rings (SSSR count). The molecular formula is C13H13BrN2O3S. The number of hydrogen-bond acceptors (Lipinski definition) is 4. The summed E-state index contributed by atoms with van der Waals surface area (Å²) in [5.74, 6) is -0.230. The van der Waals surface area contributed by atoms with E-state index in [1.165, 1.54) is 0 Å². The monoisotopic (exact) mass is 356 g/mol. The van der Waals surface area contributed by atoms with Crippen LogP contribution in [0.5, 0.6) is 0 Å². The van der Waals surface area contributed by atoms with Gasteiger partial charge < -0.3 is 5.32 Å². The lowest BCUT2D eigenvalue weighted by molar-refractivity contribution is -0.124. The molecule has 0 aromatic heterocycles. The average molecular weight is 357 g/mol. The van der Waals surface area contributed by atoms with Crippen molar-refractivity contribution in [1.82, 2.24) is 10.2 Å². The number of thioether (sulfide) groups is 1. The molecule has 3 amide bonds. The van der Waals surface area contributed by atoms with Gasteiger partial charge in [0, 0.05) is 23.1 Å². The van der Waals surface area contributed by atoms with Crippen molar-refractivity contribution >= 4 is 44.7 Å². The van der Waals surface area contributed by atoms with Crippen LogP contribution in [0.3, 0.4) is 0 Å². The predicted molar refractivity (Wildman–Crippen MR) is 80.8 cm³/mol. The highest BCUT2D eigenvalue weighted by molar-refractivity contribution is 9.10. The Balaban J connectivity index is 1.89. The molecule has 20 heavy (non-hydrogen) atoms. The van der Waals surface area contributed by atoms with Gasteiger partial charge in [-0.05, 0) is 30.7 Å². The molecule has 1 saturated heterocycles. The highest BCUT2D eigenvalue weighted by Crippen LogP contribution is 2.18. The molecule has 106 valence electrons. The van der Waals surface area contributed by atoms with E-state index in [0.29, 0.717) is 5.56 Å². The van der Waals surface area contributed by atoms with Gasteiger partial charge in [0.2, 0.25) is 5.91 Å².